The number of ether oxygens (including phenoxy) is 1. The van der Waals surface area contributed by atoms with E-state index in [1.54, 1.807) is 4.90 Å². The van der Waals surface area contributed by atoms with E-state index in [4.69, 9.17) is 4.74 Å². The second-order valence-corrected chi connectivity index (χ2v) is 6.72. The van der Waals surface area contributed by atoms with Gasteiger partial charge in [-0.15, -0.1) is 0 Å². The number of hydrogen-bond donors (Lipinski definition) is 1. The molecule has 2 aromatic heterocycles. The van der Waals surface area contributed by atoms with Gasteiger partial charge in [0.25, 0.3) is 0 Å². The highest BCUT2D eigenvalue weighted by atomic mass is 16.5. The number of amides is 1. The maximum absolute atomic E-state index is 12.5. The van der Waals surface area contributed by atoms with Gasteiger partial charge in [-0.1, -0.05) is 0 Å². The summed E-state index contributed by atoms with van der Waals surface area (Å²) < 4.78 is 7.69. The highest BCUT2D eigenvalue weighted by molar-refractivity contribution is 5.76. The Morgan fingerprint density at radius 1 is 1.48 bits per heavy atom. The van der Waals surface area contributed by atoms with Crippen LogP contribution in [0.1, 0.15) is 41.5 Å². The molecule has 0 aromatic carbocycles. The maximum atomic E-state index is 12.5. The Hall–Kier alpha value is -2.22. The number of aryl methyl sites for hydroxylation is 2. The Balaban J connectivity index is 1.55. The molecule has 0 bridgehead atoms. The first-order chi connectivity index (χ1) is 12.0. The van der Waals surface area contributed by atoms with Crippen molar-refractivity contribution in [3.8, 4) is 0 Å². The van der Waals surface area contributed by atoms with Crippen LogP contribution >= 0.6 is 0 Å². The Morgan fingerprint density at radius 3 is 2.92 bits per heavy atom. The van der Waals surface area contributed by atoms with E-state index in [1.165, 1.54) is 11.9 Å². The van der Waals surface area contributed by atoms with Gasteiger partial charge in [-0.25, -0.2) is 4.98 Å². The summed E-state index contributed by atoms with van der Waals surface area (Å²) >= 11 is 0. The molecule has 1 aliphatic heterocycles. The first kappa shape index (κ1) is 17.6. The van der Waals surface area contributed by atoms with E-state index in [9.17, 15) is 4.79 Å². The minimum absolute atomic E-state index is 0.0382. The highest BCUT2D eigenvalue weighted by Gasteiger charge is 2.33. The maximum Gasteiger partial charge on any atom is 0.222 e. The van der Waals surface area contributed by atoms with Gasteiger partial charge in [-0.3, -0.25) is 14.6 Å². The zero-order valence-corrected chi connectivity index (χ0v) is 15.3. The standard InChI is InChI=1S/C17H26N6O2/c1-11-13(12(2)23(4)21-11)5-6-16(24)22(3)9-15-14(7-8-25-15)17-18-10-19-20-17/h10,14-15H,5-9H2,1-4H3,(H,18,19,20)/t14-,15-/m1/s1. The highest BCUT2D eigenvalue weighted by Crippen LogP contribution is 2.29. The van der Waals surface area contributed by atoms with Crippen LogP contribution in [0.4, 0.5) is 0 Å². The van der Waals surface area contributed by atoms with Gasteiger partial charge in [0.15, 0.2) is 0 Å². The van der Waals surface area contributed by atoms with Crippen LogP contribution in [0.15, 0.2) is 6.33 Å². The van der Waals surface area contributed by atoms with Gasteiger partial charge in [0.05, 0.1) is 11.8 Å². The number of likely N-dealkylation sites (N-methyl/N-ethyl adjacent to an activating group) is 1. The number of rotatable bonds is 6. The van der Waals surface area contributed by atoms with E-state index >= 15 is 0 Å². The second kappa shape index (κ2) is 7.35. The summed E-state index contributed by atoms with van der Waals surface area (Å²) in [6, 6.07) is 0. The largest absolute Gasteiger partial charge is 0.376 e. The molecular formula is C17H26N6O2. The van der Waals surface area contributed by atoms with Crippen molar-refractivity contribution >= 4 is 5.91 Å². The lowest BCUT2D eigenvalue weighted by Gasteiger charge is -2.24. The number of nitrogens with one attached hydrogen (secondary N) is 1. The van der Waals surface area contributed by atoms with Crippen molar-refractivity contribution in [1.29, 1.82) is 0 Å². The quantitative estimate of drug-likeness (QED) is 0.847. The second-order valence-electron chi connectivity index (χ2n) is 6.72. The van der Waals surface area contributed by atoms with Gasteiger partial charge in [0.2, 0.25) is 5.91 Å². The zero-order valence-electron chi connectivity index (χ0n) is 15.3. The van der Waals surface area contributed by atoms with Crippen LogP contribution in [0.3, 0.4) is 0 Å². The minimum Gasteiger partial charge on any atom is -0.376 e. The topological polar surface area (TPSA) is 88.9 Å². The van der Waals surface area contributed by atoms with E-state index in [2.05, 4.69) is 20.3 Å². The molecule has 0 radical (unpaired) electrons. The van der Waals surface area contributed by atoms with Crippen LogP contribution in [-0.2, 0) is 23.0 Å². The Kier molecular flexibility index (Phi) is 5.17. The van der Waals surface area contributed by atoms with E-state index in [-0.39, 0.29) is 17.9 Å². The molecule has 136 valence electrons. The van der Waals surface area contributed by atoms with Crippen LogP contribution in [0.5, 0.6) is 0 Å². The molecule has 3 rings (SSSR count). The number of nitrogens with zero attached hydrogens (tertiary/aromatic N) is 5. The summed E-state index contributed by atoms with van der Waals surface area (Å²) in [4.78, 5) is 18.5. The predicted molar refractivity (Wildman–Crippen MR) is 92.1 cm³/mol. The summed E-state index contributed by atoms with van der Waals surface area (Å²) in [5.74, 6) is 1.12. The van der Waals surface area contributed by atoms with Crippen molar-refractivity contribution in [3.05, 3.63) is 29.1 Å². The Morgan fingerprint density at radius 2 is 2.28 bits per heavy atom. The summed E-state index contributed by atoms with van der Waals surface area (Å²) in [7, 11) is 3.77. The minimum atomic E-state index is -0.0382. The van der Waals surface area contributed by atoms with E-state index in [0.29, 0.717) is 26.0 Å². The van der Waals surface area contributed by atoms with Gasteiger partial charge in [0.1, 0.15) is 12.2 Å². The van der Waals surface area contributed by atoms with Crippen molar-refractivity contribution < 1.29 is 9.53 Å². The lowest BCUT2D eigenvalue weighted by molar-refractivity contribution is -0.131. The number of H-pyrrole nitrogens is 1. The van der Waals surface area contributed by atoms with E-state index < -0.39 is 0 Å². The third kappa shape index (κ3) is 3.73. The third-order valence-corrected chi connectivity index (χ3v) is 5.12. The Labute approximate surface area is 147 Å². The molecule has 25 heavy (non-hydrogen) atoms. The number of aromatic amines is 1. The van der Waals surface area contributed by atoms with Crippen LogP contribution in [0.2, 0.25) is 0 Å². The van der Waals surface area contributed by atoms with Crippen molar-refractivity contribution in [2.75, 3.05) is 20.2 Å². The molecular weight excluding hydrogens is 320 g/mol. The van der Waals surface area contributed by atoms with Crippen LogP contribution < -0.4 is 0 Å². The third-order valence-electron chi connectivity index (χ3n) is 5.12. The smallest absolute Gasteiger partial charge is 0.222 e. The summed E-state index contributed by atoms with van der Waals surface area (Å²) in [5, 5.41) is 11.2. The van der Waals surface area contributed by atoms with E-state index in [1.807, 2.05) is 32.6 Å². The molecule has 1 amide bonds. The summed E-state index contributed by atoms with van der Waals surface area (Å²) in [6.45, 7) is 5.28. The van der Waals surface area contributed by atoms with Crippen LogP contribution in [-0.4, -0.2) is 62.1 Å². The van der Waals surface area contributed by atoms with Crippen LogP contribution in [0.25, 0.3) is 0 Å². The Bertz CT molecular complexity index is 724. The number of aromatic nitrogens is 5. The predicted octanol–water partition coefficient (Wildman–Crippen LogP) is 1.12. The molecule has 1 saturated heterocycles. The summed E-state index contributed by atoms with van der Waals surface area (Å²) in [6.07, 6.45) is 3.56. The lowest BCUT2D eigenvalue weighted by Crippen LogP contribution is -2.36. The fourth-order valence-corrected chi connectivity index (χ4v) is 3.51. The SMILES string of the molecule is Cc1nn(C)c(C)c1CCC(=O)N(C)C[C@H]1OCC[C@H]1c1ncn[nH]1. The summed E-state index contributed by atoms with van der Waals surface area (Å²) in [5.41, 5.74) is 3.29. The molecule has 0 spiro atoms. The molecule has 8 nitrogen and oxygen atoms in total. The van der Waals surface area contributed by atoms with Gasteiger partial charge in [-0.2, -0.15) is 10.2 Å². The van der Waals surface area contributed by atoms with Gasteiger partial charge >= 0.3 is 0 Å². The van der Waals surface area contributed by atoms with Crippen molar-refractivity contribution in [1.82, 2.24) is 29.9 Å². The first-order valence-electron chi connectivity index (χ1n) is 8.67. The monoisotopic (exact) mass is 346 g/mol. The van der Waals surface area contributed by atoms with Crippen molar-refractivity contribution in [3.63, 3.8) is 0 Å². The zero-order chi connectivity index (χ0) is 18.0. The molecule has 2 aromatic rings. The van der Waals surface area contributed by atoms with E-state index in [0.717, 1.165) is 23.6 Å². The number of hydrogen-bond acceptors (Lipinski definition) is 5. The fourth-order valence-electron chi connectivity index (χ4n) is 3.51. The van der Waals surface area contributed by atoms with Gasteiger partial charge in [0, 0.05) is 45.3 Å². The first-order valence-corrected chi connectivity index (χ1v) is 8.67. The average molecular weight is 346 g/mol. The lowest BCUT2D eigenvalue weighted by atomic mass is 10.00. The molecule has 8 heteroatoms. The fraction of sp³-hybridized carbons (Fsp3) is 0.647. The normalized spacial score (nSPS) is 20.2. The number of carbonyl (C=O) groups excluding carboxylic acids is 1. The van der Waals surface area contributed by atoms with Gasteiger partial charge in [-0.05, 0) is 32.3 Å². The van der Waals surface area contributed by atoms with Crippen LogP contribution in [0, 0.1) is 13.8 Å². The molecule has 0 aliphatic carbocycles. The number of carbonyl (C=O) groups is 1. The average Bonchev–Trinajstić information content (AvgIpc) is 3.28. The molecule has 0 unspecified atom stereocenters. The van der Waals surface area contributed by atoms with Crippen molar-refractivity contribution in [2.45, 2.75) is 45.1 Å². The molecule has 3 heterocycles. The van der Waals surface area contributed by atoms with Gasteiger partial charge < -0.3 is 9.64 Å². The molecule has 2 atom stereocenters. The molecule has 1 N–H and O–H groups in total. The molecule has 1 aliphatic rings. The molecule has 0 saturated carbocycles. The molecule has 1 fully saturated rings. The van der Waals surface area contributed by atoms with Crippen molar-refractivity contribution in [2.24, 2.45) is 7.05 Å².